The van der Waals surface area contributed by atoms with Gasteiger partial charge in [-0.25, -0.2) is 0 Å². The zero-order chi connectivity index (χ0) is 18.5. The number of aliphatic carboxylic acids is 1. The molecule has 7 heteroatoms. The van der Waals surface area contributed by atoms with Gasteiger partial charge >= 0.3 is 5.97 Å². The van der Waals surface area contributed by atoms with Crippen molar-refractivity contribution in [1.82, 2.24) is 9.80 Å². The van der Waals surface area contributed by atoms with Gasteiger partial charge in [0.15, 0.2) is 0 Å². The quantitative estimate of drug-likeness (QED) is 0.781. The van der Waals surface area contributed by atoms with Crippen molar-refractivity contribution < 1.29 is 14.6 Å². The molecule has 1 saturated heterocycles. The first kappa shape index (κ1) is 19.3. The molecule has 1 N–H and O–H groups in total. The first-order chi connectivity index (χ1) is 12.5. The maximum atomic E-state index is 10.8. The van der Waals surface area contributed by atoms with Gasteiger partial charge in [-0.15, -0.1) is 11.3 Å². The molecule has 1 fully saturated rings. The molecule has 140 valence electrons. The van der Waals surface area contributed by atoms with E-state index in [4.69, 9.17) is 21.4 Å². The van der Waals surface area contributed by atoms with Crippen molar-refractivity contribution >= 4 is 28.9 Å². The zero-order valence-corrected chi connectivity index (χ0v) is 16.3. The normalized spacial score (nSPS) is 18.3. The smallest absolute Gasteiger partial charge is 0.317 e. The van der Waals surface area contributed by atoms with Crippen molar-refractivity contribution in [2.45, 2.75) is 12.6 Å². The molecule has 5 nitrogen and oxygen atoms in total. The van der Waals surface area contributed by atoms with Gasteiger partial charge in [-0.05, 0) is 36.9 Å². The minimum atomic E-state index is -0.813. The predicted octanol–water partition coefficient (Wildman–Crippen LogP) is 3.29. The lowest BCUT2D eigenvalue weighted by molar-refractivity contribution is -0.138. The number of hydrogen-bond donors (Lipinski definition) is 1. The van der Waals surface area contributed by atoms with Crippen LogP contribution in [0.15, 0.2) is 36.4 Å². The molecule has 0 spiro atoms. The number of thiophene rings is 1. The van der Waals surface area contributed by atoms with Crippen LogP contribution < -0.4 is 0 Å². The van der Waals surface area contributed by atoms with Gasteiger partial charge < -0.3 is 9.84 Å². The van der Waals surface area contributed by atoms with Crippen LogP contribution in [-0.2, 0) is 16.1 Å². The largest absolute Gasteiger partial charge is 0.480 e. The first-order valence-electron chi connectivity index (χ1n) is 8.58. The fraction of sp³-hybridized carbons (Fsp3) is 0.421. The Labute approximate surface area is 162 Å². The molecular weight excluding hydrogens is 372 g/mol. The van der Waals surface area contributed by atoms with Crippen molar-refractivity contribution in [1.29, 1.82) is 0 Å². The summed E-state index contributed by atoms with van der Waals surface area (Å²) in [6.45, 7) is 3.93. The molecule has 1 aromatic heterocycles. The summed E-state index contributed by atoms with van der Waals surface area (Å²) in [5.74, 6) is -0.813. The van der Waals surface area contributed by atoms with E-state index in [1.807, 2.05) is 25.2 Å². The van der Waals surface area contributed by atoms with Gasteiger partial charge in [0.1, 0.15) is 0 Å². The molecule has 2 heterocycles. The van der Waals surface area contributed by atoms with Crippen molar-refractivity contribution in [3.63, 3.8) is 0 Å². The second kappa shape index (κ2) is 8.97. The molecule has 3 rings (SSSR count). The zero-order valence-electron chi connectivity index (χ0n) is 14.7. The number of carboxylic acids is 1. The number of halogens is 1. The number of carbonyl (C=O) groups is 1. The van der Waals surface area contributed by atoms with E-state index in [-0.39, 0.29) is 12.6 Å². The summed E-state index contributed by atoms with van der Waals surface area (Å²) in [4.78, 5) is 17.5. The molecule has 1 aliphatic heterocycles. The summed E-state index contributed by atoms with van der Waals surface area (Å²) in [7, 11) is 1.81. The summed E-state index contributed by atoms with van der Waals surface area (Å²) in [5, 5.41) is 9.62. The highest BCUT2D eigenvalue weighted by atomic mass is 35.5. The van der Waals surface area contributed by atoms with E-state index in [1.165, 1.54) is 9.75 Å². The third-order valence-electron chi connectivity index (χ3n) is 4.29. The van der Waals surface area contributed by atoms with Crippen LogP contribution in [0.3, 0.4) is 0 Å². The Bertz CT molecular complexity index is 752. The summed E-state index contributed by atoms with van der Waals surface area (Å²) >= 11 is 7.87. The minimum absolute atomic E-state index is 0.0355. The van der Waals surface area contributed by atoms with Crippen LogP contribution in [0.25, 0.3) is 10.4 Å². The van der Waals surface area contributed by atoms with Gasteiger partial charge in [-0.1, -0.05) is 23.7 Å². The maximum Gasteiger partial charge on any atom is 0.317 e. The maximum absolute atomic E-state index is 10.8. The number of hydrogen-bond acceptors (Lipinski definition) is 5. The van der Waals surface area contributed by atoms with Crippen LogP contribution >= 0.6 is 22.9 Å². The molecule has 26 heavy (non-hydrogen) atoms. The highest BCUT2D eigenvalue weighted by molar-refractivity contribution is 7.15. The number of benzene rings is 1. The Kier molecular flexibility index (Phi) is 6.67. The second-order valence-corrected chi connectivity index (χ2v) is 8.20. The van der Waals surface area contributed by atoms with Gasteiger partial charge in [0.05, 0.1) is 19.3 Å². The molecule has 0 saturated carbocycles. The predicted molar refractivity (Wildman–Crippen MR) is 105 cm³/mol. The van der Waals surface area contributed by atoms with Crippen molar-refractivity contribution in [3.05, 3.63) is 46.3 Å². The van der Waals surface area contributed by atoms with Crippen LogP contribution in [0, 0.1) is 0 Å². The molecule has 2 aromatic rings. The molecule has 0 aliphatic carbocycles. The number of carboxylic acid groups (broad SMARTS) is 1. The molecular formula is C19H23ClN2O3S. The molecule has 1 unspecified atom stereocenters. The summed E-state index contributed by atoms with van der Waals surface area (Å²) in [6, 6.07) is 12.2. The van der Waals surface area contributed by atoms with Crippen molar-refractivity contribution in [3.8, 4) is 10.4 Å². The average molecular weight is 395 g/mol. The lowest BCUT2D eigenvalue weighted by Crippen LogP contribution is -2.47. The second-order valence-electron chi connectivity index (χ2n) is 6.59. The van der Waals surface area contributed by atoms with Gasteiger partial charge in [0, 0.05) is 41.0 Å². The van der Waals surface area contributed by atoms with Crippen molar-refractivity contribution in [2.24, 2.45) is 0 Å². The van der Waals surface area contributed by atoms with E-state index in [9.17, 15) is 4.79 Å². The number of ether oxygens (including phenoxy) is 1. The monoisotopic (exact) mass is 394 g/mol. The Morgan fingerprint density at radius 1 is 1.42 bits per heavy atom. The summed E-state index contributed by atoms with van der Waals surface area (Å²) in [6.07, 6.45) is 0.0421. The average Bonchev–Trinajstić information content (AvgIpc) is 3.03. The van der Waals surface area contributed by atoms with Crippen LogP contribution in [0.1, 0.15) is 4.88 Å². The lowest BCUT2D eigenvalue weighted by Gasteiger charge is -2.34. The van der Waals surface area contributed by atoms with E-state index >= 15 is 0 Å². The Balaban J connectivity index is 1.56. The standard InChI is InChI=1S/C19H23ClN2O3S/c1-21(13-19(23)24)10-16-11-22(7-8-25-16)12-17-5-6-18(26-17)14-3-2-4-15(20)9-14/h2-6,9,16H,7-8,10-13H2,1H3,(H,23,24). The van der Waals surface area contributed by atoms with E-state index in [1.54, 1.807) is 16.2 Å². The van der Waals surface area contributed by atoms with Crippen LogP contribution in [0.4, 0.5) is 0 Å². The van der Waals surface area contributed by atoms with Gasteiger partial charge in [-0.3, -0.25) is 14.6 Å². The highest BCUT2D eigenvalue weighted by Gasteiger charge is 2.22. The number of nitrogens with zero attached hydrogens (tertiary/aromatic N) is 2. The Morgan fingerprint density at radius 3 is 3.04 bits per heavy atom. The fourth-order valence-electron chi connectivity index (χ4n) is 3.16. The molecule has 1 atom stereocenters. The number of morpholine rings is 1. The van der Waals surface area contributed by atoms with Crippen molar-refractivity contribution in [2.75, 3.05) is 39.8 Å². The Hall–Kier alpha value is -1.44. The fourth-order valence-corrected chi connectivity index (χ4v) is 4.39. The van der Waals surface area contributed by atoms with E-state index in [0.29, 0.717) is 13.2 Å². The van der Waals surface area contributed by atoms with Gasteiger partial charge in [0.25, 0.3) is 0 Å². The lowest BCUT2D eigenvalue weighted by atomic mass is 10.2. The molecule has 0 amide bonds. The van der Waals surface area contributed by atoms with Gasteiger partial charge in [-0.2, -0.15) is 0 Å². The summed E-state index contributed by atoms with van der Waals surface area (Å²) < 4.78 is 5.80. The van der Waals surface area contributed by atoms with E-state index < -0.39 is 5.97 Å². The molecule has 0 bridgehead atoms. The van der Waals surface area contributed by atoms with Crippen LogP contribution in [-0.4, -0.2) is 66.8 Å². The number of rotatable bonds is 7. The SMILES string of the molecule is CN(CC(=O)O)CC1CN(Cc2ccc(-c3cccc(Cl)c3)s2)CCO1. The Morgan fingerprint density at radius 2 is 2.27 bits per heavy atom. The third kappa shape index (κ3) is 5.53. The summed E-state index contributed by atoms with van der Waals surface area (Å²) in [5.41, 5.74) is 1.14. The highest BCUT2D eigenvalue weighted by Crippen LogP contribution is 2.30. The van der Waals surface area contributed by atoms with E-state index in [0.717, 1.165) is 30.2 Å². The minimum Gasteiger partial charge on any atom is -0.480 e. The topological polar surface area (TPSA) is 53.0 Å². The third-order valence-corrected chi connectivity index (χ3v) is 5.65. The van der Waals surface area contributed by atoms with E-state index in [2.05, 4.69) is 23.1 Å². The van der Waals surface area contributed by atoms with Gasteiger partial charge in [0.2, 0.25) is 0 Å². The van der Waals surface area contributed by atoms with Crippen LogP contribution in [0.5, 0.6) is 0 Å². The number of likely N-dealkylation sites (N-methyl/N-ethyl adjacent to an activating group) is 1. The molecule has 0 radical (unpaired) electrons. The first-order valence-corrected chi connectivity index (χ1v) is 9.78. The van der Waals surface area contributed by atoms with Crippen LogP contribution in [0.2, 0.25) is 5.02 Å². The molecule has 1 aromatic carbocycles. The molecule has 1 aliphatic rings.